The van der Waals surface area contributed by atoms with Crippen LogP contribution in [0.25, 0.3) is 10.9 Å². The first-order valence-electron chi connectivity index (χ1n) is 8.38. The second-order valence-electron chi connectivity index (χ2n) is 6.44. The van der Waals surface area contributed by atoms with Gasteiger partial charge in [0.25, 0.3) is 0 Å². The highest BCUT2D eigenvalue weighted by molar-refractivity contribution is 7.90. The standard InChI is InChI=1S/C18H19N5O2S/c1-26(24,25)14-5-6-16-15(10-14)18(21-12-20-16)22-13-7-9-23(11-13)17-4-2-3-8-19-17/h2-6,8,10,12-13H,7,9,11H2,1H3,(H,20,21,22). The van der Waals surface area contributed by atoms with Gasteiger partial charge in [-0.05, 0) is 36.8 Å². The number of hydrogen-bond donors (Lipinski definition) is 1. The van der Waals surface area contributed by atoms with Gasteiger partial charge in [0.05, 0.1) is 10.4 Å². The minimum atomic E-state index is -3.28. The Labute approximate surface area is 152 Å². The van der Waals surface area contributed by atoms with Crippen LogP contribution in [0, 0.1) is 0 Å². The van der Waals surface area contributed by atoms with E-state index in [1.807, 2.05) is 18.2 Å². The second-order valence-corrected chi connectivity index (χ2v) is 8.45. The number of anilines is 2. The minimum absolute atomic E-state index is 0.206. The zero-order valence-electron chi connectivity index (χ0n) is 14.3. The SMILES string of the molecule is CS(=O)(=O)c1ccc2ncnc(NC3CCN(c4ccccn4)C3)c2c1. The van der Waals surface area contributed by atoms with E-state index in [2.05, 4.69) is 25.2 Å². The lowest BCUT2D eigenvalue weighted by Gasteiger charge is -2.18. The number of nitrogens with zero attached hydrogens (tertiary/aromatic N) is 4. The number of nitrogens with one attached hydrogen (secondary N) is 1. The summed E-state index contributed by atoms with van der Waals surface area (Å²) in [6.45, 7) is 1.72. The highest BCUT2D eigenvalue weighted by Gasteiger charge is 2.24. The third kappa shape index (κ3) is 3.32. The van der Waals surface area contributed by atoms with Crippen molar-refractivity contribution in [3.63, 3.8) is 0 Å². The van der Waals surface area contributed by atoms with E-state index in [-0.39, 0.29) is 10.9 Å². The van der Waals surface area contributed by atoms with Crippen LogP contribution in [0.15, 0.2) is 53.8 Å². The number of sulfone groups is 1. The lowest BCUT2D eigenvalue weighted by atomic mass is 10.2. The third-order valence-corrected chi connectivity index (χ3v) is 5.65. The van der Waals surface area contributed by atoms with Gasteiger partial charge in [-0.2, -0.15) is 0 Å². The molecule has 2 aromatic heterocycles. The molecule has 1 atom stereocenters. The van der Waals surface area contributed by atoms with Crippen molar-refractivity contribution in [2.24, 2.45) is 0 Å². The number of pyridine rings is 1. The number of fused-ring (bicyclic) bond motifs is 1. The number of aromatic nitrogens is 3. The first kappa shape index (κ1) is 16.7. The Morgan fingerprint density at radius 2 is 2.04 bits per heavy atom. The summed E-state index contributed by atoms with van der Waals surface area (Å²) in [6, 6.07) is 11.0. The molecular formula is C18H19N5O2S. The monoisotopic (exact) mass is 369 g/mol. The Balaban J connectivity index is 1.59. The summed E-state index contributed by atoms with van der Waals surface area (Å²) in [4.78, 5) is 15.5. The highest BCUT2D eigenvalue weighted by Crippen LogP contribution is 2.26. The molecule has 4 rings (SSSR count). The fourth-order valence-corrected chi connectivity index (χ4v) is 3.85. The smallest absolute Gasteiger partial charge is 0.175 e. The lowest BCUT2D eigenvalue weighted by molar-refractivity contribution is 0.602. The highest BCUT2D eigenvalue weighted by atomic mass is 32.2. The topological polar surface area (TPSA) is 88.1 Å². The van der Waals surface area contributed by atoms with Crippen molar-refractivity contribution in [3.8, 4) is 0 Å². The maximum absolute atomic E-state index is 11.9. The number of benzene rings is 1. The zero-order valence-corrected chi connectivity index (χ0v) is 15.1. The Morgan fingerprint density at radius 1 is 1.15 bits per heavy atom. The Morgan fingerprint density at radius 3 is 2.81 bits per heavy atom. The van der Waals surface area contributed by atoms with Crippen LogP contribution in [0.5, 0.6) is 0 Å². The molecule has 7 nitrogen and oxygen atoms in total. The molecule has 0 spiro atoms. The van der Waals surface area contributed by atoms with Gasteiger partial charge < -0.3 is 10.2 Å². The van der Waals surface area contributed by atoms with Crippen molar-refractivity contribution >= 4 is 32.4 Å². The summed E-state index contributed by atoms with van der Waals surface area (Å²) in [7, 11) is -3.28. The van der Waals surface area contributed by atoms with Gasteiger partial charge >= 0.3 is 0 Å². The maximum atomic E-state index is 11.9. The molecule has 26 heavy (non-hydrogen) atoms. The van der Waals surface area contributed by atoms with E-state index in [1.54, 1.807) is 24.4 Å². The molecule has 3 heterocycles. The fraction of sp³-hybridized carbons (Fsp3) is 0.278. The van der Waals surface area contributed by atoms with Crippen LogP contribution in [0.2, 0.25) is 0 Å². The van der Waals surface area contributed by atoms with Crippen LogP contribution in [0.4, 0.5) is 11.6 Å². The van der Waals surface area contributed by atoms with E-state index in [1.165, 1.54) is 12.6 Å². The fourth-order valence-electron chi connectivity index (χ4n) is 3.20. The predicted octanol–water partition coefficient (Wildman–Crippen LogP) is 2.12. The van der Waals surface area contributed by atoms with Crippen molar-refractivity contribution in [2.45, 2.75) is 17.4 Å². The van der Waals surface area contributed by atoms with Gasteiger partial charge in [0.2, 0.25) is 0 Å². The molecule has 3 aromatic rings. The first-order valence-corrected chi connectivity index (χ1v) is 10.3. The third-order valence-electron chi connectivity index (χ3n) is 4.54. The quantitative estimate of drug-likeness (QED) is 0.753. The average Bonchev–Trinajstić information content (AvgIpc) is 3.10. The lowest BCUT2D eigenvalue weighted by Crippen LogP contribution is -2.26. The maximum Gasteiger partial charge on any atom is 0.175 e. The van der Waals surface area contributed by atoms with Crippen LogP contribution < -0.4 is 10.2 Å². The summed E-state index contributed by atoms with van der Waals surface area (Å²) in [5.74, 6) is 1.62. The summed E-state index contributed by atoms with van der Waals surface area (Å²) in [5.41, 5.74) is 0.717. The van der Waals surface area contributed by atoms with Crippen molar-refractivity contribution in [2.75, 3.05) is 29.6 Å². The summed E-state index contributed by atoms with van der Waals surface area (Å²) >= 11 is 0. The molecule has 1 aliphatic heterocycles. The molecule has 0 amide bonds. The van der Waals surface area contributed by atoms with Crippen molar-refractivity contribution in [1.82, 2.24) is 15.0 Å². The van der Waals surface area contributed by atoms with Gasteiger partial charge in [0, 0.05) is 37.0 Å². The molecule has 1 aromatic carbocycles. The number of hydrogen-bond acceptors (Lipinski definition) is 7. The van der Waals surface area contributed by atoms with E-state index in [9.17, 15) is 8.42 Å². The van der Waals surface area contributed by atoms with E-state index >= 15 is 0 Å². The van der Waals surface area contributed by atoms with Crippen LogP contribution in [0.3, 0.4) is 0 Å². The molecule has 0 aliphatic carbocycles. The molecule has 0 saturated carbocycles. The summed E-state index contributed by atoms with van der Waals surface area (Å²) < 4.78 is 23.7. The van der Waals surface area contributed by atoms with E-state index in [0.717, 1.165) is 30.8 Å². The van der Waals surface area contributed by atoms with Crippen LogP contribution in [0.1, 0.15) is 6.42 Å². The van der Waals surface area contributed by atoms with Gasteiger partial charge in [-0.3, -0.25) is 0 Å². The first-order chi connectivity index (χ1) is 12.5. The van der Waals surface area contributed by atoms with Gasteiger partial charge in [-0.25, -0.2) is 23.4 Å². The van der Waals surface area contributed by atoms with E-state index in [4.69, 9.17) is 0 Å². The summed E-state index contributed by atoms with van der Waals surface area (Å²) in [6.07, 6.45) is 5.44. The molecule has 1 unspecified atom stereocenters. The Bertz CT molecular complexity index is 1040. The largest absolute Gasteiger partial charge is 0.365 e. The Hall–Kier alpha value is -2.74. The molecule has 8 heteroatoms. The Kier molecular flexibility index (Phi) is 4.20. The normalized spacial score (nSPS) is 17.6. The van der Waals surface area contributed by atoms with E-state index < -0.39 is 9.84 Å². The molecule has 1 aliphatic rings. The average molecular weight is 369 g/mol. The van der Waals surface area contributed by atoms with E-state index in [0.29, 0.717) is 11.2 Å². The van der Waals surface area contributed by atoms with Gasteiger partial charge in [-0.15, -0.1) is 0 Å². The second kappa shape index (κ2) is 6.53. The van der Waals surface area contributed by atoms with Crippen molar-refractivity contribution < 1.29 is 8.42 Å². The molecule has 134 valence electrons. The zero-order chi connectivity index (χ0) is 18.1. The molecular weight excluding hydrogens is 350 g/mol. The molecule has 1 N–H and O–H groups in total. The van der Waals surface area contributed by atoms with Gasteiger partial charge in [-0.1, -0.05) is 6.07 Å². The number of rotatable bonds is 4. The molecule has 0 bridgehead atoms. The van der Waals surface area contributed by atoms with Gasteiger partial charge in [0.1, 0.15) is 18.0 Å². The molecule has 0 radical (unpaired) electrons. The summed E-state index contributed by atoms with van der Waals surface area (Å²) in [5, 5.41) is 4.16. The van der Waals surface area contributed by atoms with Crippen LogP contribution in [-0.4, -0.2) is 48.8 Å². The predicted molar refractivity (Wildman–Crippen MR) is 101 cm³/mol. The van der Waals surface area contributed by atoms with Gasteiger partial charge in [0.15, 0.2) is 9.84 Å². The molecule has 1 fully saturated rings. The minimum Gasteiger partial charge on any atom is -0.365 e. The van der Waals surface area contributed by atoms with Crippen molar-refractivity contribution in [1.29, 1.82) is 0 Å². The molecule has 1 saturated heterocycles. The van der Waals surface area contributed by atoms with Crippen LogP contribution in [-0.2, 0) is 9.84 Å². The van der Waals surface area contributed by atoms with Crippen molar-refractivity contribution in [3.05, 3.63) is 48.9 Å². The van der Waals surface area contributed by atoms with Crippen LogP contribution >= 0.6 is 0 Å².